The summed E-state index contributed by atoms with van der Waals surface area (Å²) in [5.74, 6) is -0.832. The number of nitrogens with one attached hydrogen (secondary N) is 2. The van der Waals surface area contributed by atoms with Gasteiger partial charge in [0, 0.05) is 12.1 Å². The predicted molar refractivity (Wildman–Crippen MR) is 100 cm³/mol. The molecule has 0 aliphatic carbocycles. The van der Waals surface area contributed by atoms with Gasteiger partial charge in [0.1, 0.15) is 17.2 Å². The largest absolute Gasteiger partial charge is 0.472 e. The van der Waals surface area contributed by atoms with Gasteiger partial charge in [0.2, 0.25) is 5.88 Å². The van der Waals surface area contributed by atoms with Gasteiger partial charge in [-0.05, 0) is 24.5 Å². The summed E-state index contributed by atoms with van der Waals surface area (Å²) in [6.45, 7) is 1.58. The molecule has 1 heterocycles. The third-order valence-corrected chi connectivity index (χ3v) is 4.69. The van der Waals surface area contributed by atoms with Crippen molar-refractivity contribution >= 4 is 51.7 Å². The van der Waals surface area contributed by atoms with Gasteiger partial charge in [-0.2, -0.15) is 4.37 Å². The first-order valence-corrected chi connectivity index (χ1v) is 8.90. The van der Waals surface area contributed by atoms with Crippen LogP contribution in [0.25, 0.3) is 0 Å². The second-order valence-corrected chi connectivity index (χ2v) is 6.80. The molecule has 26 heavy (non-hydrogen) atoms. The maximum Gasteiger partial charge on any atom is 0.320 e. The van der Waals surface area contributed by atoms with Gasteiger partial charge in [0.25, 0.3) is 5.91 Å². The number of benzene rings is 1. The lowest BCUT2D eigenvalue weighted by molar-refractivity contribution is 0.0996. The number of carbonyl (C=O) groups is 2. The van der Waals surface area contributed by atoms with E-state index in [1.807, 2.05) is 0 Å². The lowest BCUT2D eigenvalue weighted by atomic mass is 10.2. The molecule has 1 atom stereocenters. The minimum Gasteiger partial charge on any atom is -0.472 e. The Kier molecular flexibility index (Phi) is 7.04. The fourth-order valence-corrected chi connectivity index (χ4v) is 2.98. The van der Waals surface area contributed by atoms with Crippen LogP contribution in [0.2, 0.25) is 10.0 Å². The van der Waals surface area contributed by atoms with E-state index in [1.165, 1.54) is 6.92 Å². The van der Waals surface area contributed by atoms with Crippen molar-refractivity contribution in [2.45, 2.75) is 19.6 Å². The van der Waals surface area contributed by atoms with Crippen molar-refractivity contribution in [1.82, 2.24) is 9.69 Å². The molecule has 5 N–H and O–H groups in total. The molecule has 140 valence electrons. The second-order valence-electron chi connectivity index (χ2n) is 5.24. The first-order chi connectivity index (χ1) is 12.3. The summed E-state index contributed by atoms with van der Waals surface area (Å²) in [6.07, 6.45) is -0.709. The van der Waals surface area contributed by atoms with Gasteiger partial charge in [0.15, 0.2) is 0 Å². The minimum atomic E-state index is -0.809. The van der Waals surface area contributed by atoms with Crippen molar-refractivity contribution in [3.05, 3.63) is 39.4 Å². The number of primary amides is 1. The van der Waals surface area contributed by atoms with Crippen LogP contribution in [0, 0.1) is 0 Å². The van der Waals surface area contributed by atoms with Crippen LogP contribution >= 0.6 is 34.7 Å². The van der Waals surface area contributed by atoms with Crippen LogP contribution in [0.4, 0.5) is 9.80 Å². The molecule has 0 aliphatic rings. The van der Waals surface area contributed by atoms with E-state index in [1.54, 1.807) is 18.2 Å². The standard InChI is InChI=1S/C15H16Cl2N4O4S/c1-7(22)5-19-15(24)20-14-10(12(18)23)13(21-26-14)25-6-8-3-2-4-9(16)11(8)17/h2-4,7,22H,5-6H2,1H3,(H2,18,23)(H2,19,20,24). The normalized spacial score (nSPS) is 11.7. The van der Waals surface area contributed by atoms with Crippen molar-refractivity contribution in [2.75, 3.05) is 11.9 Å². The number of nitrogens with zero attached hydrogens (tertiary/aromatic N) is 1. The summed E-state index contributed by atoms with van der Waals surface area (Å²) in [5.41, 5.74) is 5.92. The first kappa shape index (κ1) is 20.2. The van der Waals surface area contributed by atoms with E-state index < -0.39 is 18.0 Å². The second kappa shape index (κ2) is 9.04. The van der Waals surface area contributed by atoms with Gasteiger partial charge < -0.3 is 20.9 Å². The number of aromatic nitrogens is 1. The number of nitrogens with two attached hydrogens (primary N) is 1. The number of urea groups is 1. The van der Waals surface area contributed by atoms with Gasteiger partial charge >= 0.3 is 6.03 Å². The summed E-state index contributed by atoms with van der Waals surface area (Å²) >= 11 is 12.9. The zero-order chi connectivity index (χ0) is 19.3. The monoisotopic (exact) mass is 418 g/mol. The molecule has 8 nitrogen and oxygen atoms in total. The predicted octanol–water partition coefficient (Wildman–Crippen LogP) is 2.63. The maximum absolute atomic E-state index is 11.8. The van der Waals surface area contributed by atoms with Gasteiger partial charge in [-0.1, -0.05) is 35.3 Å². The third-order valence-electron chi connectivity index (χ3n) is 3.09. The maximum atomic E-state index is 11.8. The van der Waals surface area contributed by atoms with Gasteiger partial charge in [0.05, 0.1) is 16.1 Å². The summed E-state index contributed by atoms with van der Waals surface area (Å²) in [5, 5.41) is 14.9. The smallest absolute Gasteiger partial charge is 0.320 e. The lowest BCUT2D eigenvalue weighted by Gasteiger charge is -2.09. The van der Waals surface area contributed by atoms with Crippen LogP contribution in [0.5, 0.6) is 5.88 Å². The molecule has 11 heteroatoms. The molecule has 0 radical (unpaired) electrons. The minimum absolute atomic E-state index is 0.0110. The van der Waals surface area contributed by atoms with Crippen molar-refractivity contribution < 1.29 is 19.4 Å². The molecule has 1 aromatic carbocycles. The highest BCUT2D eigenvalue weighted by Crippen LogP contribution is 2.32. The van der Waals surface area contributed by atoms with Crippen LogP contribution in [0.1, 0.15) is 22.8 Å². The number of hydrogen-bond donors (Lipinski definition) is 4. The molecule has 0 spiro atoms. The number of hydrogen-bond acceptors (Lipinski definition) is 6. The summed E-state index contributed by atoms with van der Waals surface area (Å²) in [6, 6.07) is 4.45. The number of amides is 3. The van der Waals surface area contributed by atoms with E-state index in [9.17, 15) is 9.59 Å². The topological polar surface area (TPSA) is 127 Å². The van der Waals surface area contributed by atoms with Crippen LogP contribution in [-0.4, -0.2) is 34.1 Å². The van der Waals surface area contributed by atoms with E-state index in [-0.39, 0.29) is 29.6 Å². The Balaban J connectivity index is 2.12. The molecule has 0 aliphatic heterocycles. The number of aliphatic hydroxyl groups excluding tert-OH is 1. The highest BCUT2D eigenvalue weighted by molar-refractivity contribution is 7.11. The van der Waals surface area contributed by atoms with Crippen LogP contribution < -0.4 is 21.1 Å². The Labute approximate surface area is 163 Å². The third kappa shape index (κ3) is 5.21. The molecule has 0 bridgehead atoms. The molecule has 2 rings (SSSR count). The molecular weight excluding hydrogens is 403 g/mol. The van der Waals surface area contributed by atoms with Gasteiger partial charge in [-0.15, -0.1) is 0 Å². The summed E-state index contributed by atoms with van der Waals surface area (Å²) in [4.78, 5) is 23.5. The van der Waals surface area contributed by atoms with Crippen molar-refractivity contribution in [1.29, 1.82) is 0 Å². The fraction of sp³-hybridized carbons (Fsp3) is 0.267. The SMILES string of the molecule is CC(O)CNC(=O)Nc1snc(OCc2cccc(Cl)c2Cl)c1C(N)=O. The number of halogens is 2. The van der Waals surface area contributed by atoms with Crippen molar-refractivity contribution in [3.63, 3.8) is 0 Å². The van der Waals surface area contributed by atoms with Gasteiger partial charge in [-0.3, -0.25) is 10.1 Å². The summed E-state index contributed by atoms with van der Waals surface area (Å²) in [7, 11) is 0. The van der Waals surface area contributed by atoms with E-state index in [4.69, 9.17) is 38.8 Å². The highest BCUT2D eigenvalue weighted by atomic mass is 35.5. The van der Waals surface area contributed by atoms with E-state index in [0.717, 1.165) is 11.5 Å². The van der Waals surface area contributed by atoms with Crippen molar-refractivity contribution in [3.8, 4) is 5.88 Å². The molecule has 0 saturated carbocycles. The molecular formula is C15H16Cl2N4O4S. The average Bonchev–Trinajstić information content (AvgIpc) is 2.97. The summed E-state index contributed by atoms with van der Waals surface area (Å²) < 4.78 is 9.53. The molecule has 3 amide bonds. The van der Waals surface area contributed by atoms with Crippen LogP contribution in [0.15, 0.2) is 18.2 Å². The first-order valence-electron chi connectivity index (χ1n) is 7.37. The molecule has 0 saturated heterocycles. The van der Waals surface area contributed by atoms with Gasteiger partial charge in [-0.25, -0.2) is 4.79 Å². The molecule has 1 aromatic heterocycles. The quantitative estimate of drug-likeness (QED) is 0.549. The Hall–Kier alpha value is -2.07. The number of carbonyl (C=O) groups excluding carboxylic acids is 2. The van der Waals surface area contributed by atoms with E-state index in [0.29, 0.717) is 15.6 Å². The Morgan fingerprint density at radius 1 is 1.42 bits per heavy atom. The molecule has 2 aromatic rings. The molecule has 0 fully saturated rings. The van der Waals surface area contributed by atoms with E-state index >= 15 is 0 Å². The van der Waals surface area contributed by atoms with Crippen LogP contribution in [-0.2, 0) is 6.61 Å². The lowest BCUT2D eigenvalue weighted by Crippen LogP contribution is -2.34. The molecule has 1 unspecified atom stereocenters. The number of rotatable bonds is 7. The Morgan fingerprint density at radius 2 is 2.15 bits per heavy atom. The fourth-order valence-electron chi connectivity index (χ4n) is 1.87. The average molecular weight is 419 g/mol. The zero-order valence-corrected chi connectivity index (χ0v) is 15.9. The number of ether oxygens (including phenoxy) is 1. The highest BCUT2D eigenvalue weighted by Gasteiger charge is 2.22. The van der Waals surface area contributed by atoms with Crippen molar-refractivity contribution in [2.24, 2.45) is 5.73 Å². The Morgan fingerprint density at radius 3 is 2.81 bits per heavy atom. The zero-order valence-electron chi connectivity index (χ0n) is 13.6. The number of anilines is 1. The van der Waals surface area contributed by atoms with Crippen LogP contribution in [0.3, 0.4) is 0 Å². The number of aliphatic hydroxyl groups is 1. The van der Waals surface area contributed by atoms with E-state index in [2.05, 4.69) is 15.0 Å². The Bertz CT molecular complexity index is 813.